The lowest BCUT2D eigenvalue weighted by Crippen LogP contribution is -2.38. The van der Waals surface area contributed by atoms with Crippen molar-refractivity contribution < 1.29 is 0 Å². The van der Waals surface area contributed by atoms with Gasteiger partial charge in [-0.05, 0) is 56.1 Å². The summed E-state index contributed by atoms with van der Waals surface area (Å²) in [5, 5.41) is 0. The highest BCUT2D eigenvalue weighted by Crippen LogP contribution is 2.17. The third-order valence-electron chi connectivity index (χ3n) is 3.96. The van der Waals surface area contributed by atoms with Crippen LogP contribution in [0.15, 0.2) is 24.3 Å². The molecule has 2 N–H and O–H groups in total. The third-order valence-corrected chi connectivity index (χ3v) is 3.96. The summed E-state index contributed by atoms with van der Waals surface area (Å²) in [6.45, 7) is 7.12. The van der Waals surface area contributed by atoms with Gasteiger partial charge in [0.1, 0.15) is 0 Å². The van der Waals surface area contributed by atoms with E-state index in [1.807, 2.05) is 12.1 Å². The Labute approximate surface area is 111 Å². The standard InChI is InChI=1S/C15H25N3/c1-13-7-9-18(10-8-13)12-11-17(2)15-5-3-14(16)4-6-15/h3-6,13H,7-12,16H2,1-2H3. The second-order valence-corrected chi connectivity index (χ2v) is 5.54. The lowest BCUT2D eigenvalue weighted by atomic mass is 9.99. The van der Waals surface area contributed by atoms with Crippen molar-refractivity contribution in [3.63, 3.8) is 0 Å². The van der Waals surface area contributed by atoms with E-state index in [2.05, 4.69) is 35.9 Å². The summed E-state index contributed by atoms with van der Waals surface area (Å²) in [6.07, 6.45) is 2.71. The minimum atomic E-state index is 0.831. The van der Waals surface area contributed by atoms with Crippen LogP contribution in [0.1, 0.15) is 19.8 Å². The number of nitrogen functional groups attached to an aromatic ring is 1. The molecule has 0 saturated carbocycles. The van der Waals surface area contributed by atoms with Crippen LogP contribution in [0.25, 0.3) is 0 Å². The van der Waals surface area contributed by atoms with Crippen molar-refractivity contribution in [3.05, 3.63) is 24.3 Å². The number of piperidine rings is 1. The Kier molecular flexibility index (Phi) is 4.48. The Balaban J connectivity index is 1.77. The minimum Gasteiger partial charge on any atom is -0.399 e. The van der Waals surface area contributed by atoms with Crippen LogP contribution in [0.4, 0.5) is 11.4 Å². The van der Waals surface area contributed by atoms with E-state index in [1.54, 1.807) is 0 Å². The molecule has 3 nitrogen and oxygen atoms in total. The summed E-state index contributed by atoms with van der Waals surface area (Å²) >= 11 is 0. The fourth-order valence-electron chi connectivity index (χ4n) is 2.43. The van der Waals surface area contributed by atoms with E-state index in [-0.39, 0.29) is 0 Å². The van der Waals surface area contributed by atoms with Crippen LogP contribution in [0, 0.1) is 5.92 Å². The molecule has 0 unspecified atom stereocenters. The largest absolute Gasteiger partial charge is 0.399 e. The fraction of sp³-hybridized carbons (Fsp3) is 0.600. The summed E-state index contributed by atoms with van der Waals surface area (Å²) in [6, 6.07) is 8.12. The van der Waals surface area contributed by atoms with E-state index in [0.717, 1.165) is 24.7 Å². The summed E-state index contributed by atoms with van der Waals surface area (Å²) in [4.78, 5) is 4.88. The Bertz CT molecular complexity index is 353. The Morgan fingerprint density at radius 3 is 2.44 bits per heavy atom. The van der Waals surface area contributed by atoms with Gasteiger partial charge < -0.3 is 15.5 Å². The first-order valence-electron chi connectivity index (χ1n) is 6.94. The van der Waals surface area contributed by atoms with Crippen molar-refractivity contribution in [2.45, 2.75) is 19.8 Å². The molecule has 3 heteroatoms. The van der Waals surface area contributed by atoms with Gasteiger partial charge >= 0.3 is 0 Å². The zero-order valence-corrected chi connectivity index (χ0v) is 11.6. The van der Waals surface area contributed by atoms with Gasteiger partial charge in [0.2, 0.25) is 0 Å². The number of likely N-dealkylation sites (tertiary alicyclic amines) is 1. The van der Waals surface area contributed by atoms with Crippen LogP contribution < -0.4 is 10.6 Å². The summed E-state index contributed by atoms with van der Waals surface area (Å²) in [5.74, 6) is 0.913. The molecule has 0 amide bonds. The Hall–Kier alpha value is -1.22. The predicted molar refractivity (Wildman–Crippen MR) is 79.0 cm³/mol. The normalized spacial score (nSPS) is 17.9. The van der Waals surface area contributed by atoms with Gasteiger partial charge in [0.05, 0.1) is 0 Å². The van der Waals surface area contributed by atoms with Gasteiger partial charge in [-0.15, -0.1) is 0 Å². The number of nitrogens with zero attached hydrogens (tertiary/aromatic N) is 2. The Morgan fingerprint density at radius 2 is 1.83 bits per heavy atom. The van der Waals surface area contributed by atoms with E-state index in [0.29, 0.717) is 0 Å². The van der Waals surface area contributed by atoms with Gasteiger partial charge in [-0.1, -0.05) is 6.92 Å². The highest BCUT2D eigenvalue weighted by molar-refractivity contribution is 5.52. The molecule has 0 spiro atoms. The first-order valence-corrected chi connectivity index (χ1v) is 6.94. The zero-order valence-electron chi connectivity index (χ0n) is 11.6. The number of likely N-dealkylation sites (N-methyl/N-ethyl adjacent to an activating group) is 1. The van der Waals surface area contributed by atoms with Gasteiger partial charge in [0.25, 0.3) is 0 Å². The van der Waals surface area contributed by atoms with E-state index in [1.165, 1.54) is 31.6 Å². The van der Waals surface area contributed by atoms with Gasteiger partial charge in [0.15, 0.2) is 0 Å². The molecule has 2 rings (SSSR count). The summed E-state index contributed by atoms with van der Waals surface area (Å²) in [7, 11) is 2.15. The summed E-state index contributed by atoms with van der Waals surface area (Å²) in [5.41, 5.74) is 7.78. The first kappa shape index (κ1) is 13.2. The number of nitrogens with two attached hydrogens (primary N) is 1. The van der Waals surface area contributed by atoms with Crippen molar-refractivity contribution in [1.29, 1.82) is 0 Å². The molecule has 0 radical (unpaired) electrons. The number of rotatable bonds is 4. The van der Waals surface area contributed by atoms with E-state index in [9.17, 15) is 0 Å². The highest BCUT2D eigenvalue weighted by atomic mass is 15.2. The molecule has 0 aliphatic carbocycles. The maximum Gasteiger partial charge on any atom is 0.0365 e. The van der Waals surface area contributed by atoms with Crippen LogP contribution in [-0.4, -0.2) is 38.1 Å². The lowest BCUT2D eigenvalue weighted by Gasteiger charge is -2.32. The molecule has 1 fully saturated rings. The second kappa shape index (κ2) is 6.10. The maximum absolute atomic E-state index is 5.70. The van der Waals surface area contributed by atoms with Crippen LogP contribution in [0.5, 0.6) is 0 Å². The van der Waals surface area contributed by atoms with Crippen molar-refractivity contribution in [2.75, 3.05) is 43.9 Å². The maximum atomic E-state index is 5.70. The molecule has 1 aliphatic heterocycles. The van der Waals surface area contributed by atoms with E-state index >= 15 is 0 Å². The number of benzene rings is 1. The summed E-state index contributed by atoms with van der Waals surface area (Å²) < 4.78 is 0. The molecule has 1 aromatic carbocycles. The van der Waals surface area contributed by atoms with Crippen LogP contribution in [-0.2, 0) is 0 Å². The third kappa shape index (κ3) is 3.64. The van der Waals surface area contributed by atoms with Gasteiger partial charge in [-0.3, -0.25) is 0 Å². The molecule has 0 bridgehead atoms. The fourth-order valence-corrected chi connectivity index (χ4v) is 2.43. The average molecular weight is 247 g/mol. The number of hydrogen-bond acceptors (Lipinski definition) is 3. The molecule has 0 atom stereocenters. The number of anilines is 2. The monoisotopic (exact) mass is 247 g/mol. The van der Waals surface area contributed by atoms with Crippen LogP contribution in [0.3, 0.4) is 0 Å². The molecule has 1 heterocycles. The Morgan fingerprint density at radius 1 is 1.22 bits per heavy atom. The quantitative estimate of drug-likeness (QED) is 0.829. The molecule has 18 heavy (non-hydrogen) atoms. The smallest absolute Gasteiger partial charge is 0.0365 e. The van der Waals surface area contributed by atoms with Crippen molar-refractivity contribution in [1.82, 2.24) is 4.90 Å². The van der Waals surface area contributed by atoms with Crippen LogP contribution in [0.2, 0.25) is 0 Å². The SMILES string of the molecule is CC1CCN(CCN(C)c2ccc(N)cc2)CC1. The highest BCUT2D eigenvalue weighted by Gasteiger charge is 2.15. The van der Waals surface area contributed by atoms with Crippen molar-refractivity contribution >= 4 is 11.4 Å². The predicted octanol–water partition coefficient (Wildman–Crippen LogP) is 2.44. The topological polar surface area (TPSA) is 32.5 Å². The molecular weight excluding hydrogens is 222 g/mol. The van der Waals surface area contributed by atoms with E-state index < -0.39 is 0 Å². The van der Waals surface area contributed by atoms with Gasteiger partial charge in [-0.2, -0.15) is 0 Å². The molecule has 1 aromatic rings. The van der Waals surface area contributed by atoms with Crippen LogP contribution >= 0.6 is 0 Å². The number of hydrogen-bond donors (Lipinski definition) is 1. The molecule has 0 aromatic heterocycles. The first-order chi connectivity index (χ1) is 8.65. The minimum absolute atomic E-state index is 0.831. The zero-order chi connectivity index (χ0) is 13.0. The molecule has 1 saturated heterocycles. The molecule has 100 valence electrons. The van der Waals surface area contributed by atoms with Gasteiger partial charge in [-0.25, -0.2) is 0 Å². The molecular formula is C15H25N3. The van der Waals surface area contributed by atoms with Crippen molar-refractivity contribution in [2.24, 2.45) is 5.92 Å². The average Bonchev–Trinajstić information content (AvgIpc) is 2.38. The lowest BCUT2D eigenvalue weighted by molar-refractivity contribution is 0.196. The van der Waals surface area contributed by atoms with Crippen molar-refractivity contribution in [3.8, 4) is 0 Å². The van der Waals surface area contributed by atoms with E-state index in [4.69, 9.17) is 5.73 Å². The van der Waals surface area contributed by atoms with Gasteiger partial charge in [0, 0.05) is 31.5 Å². The second-order valence-electron chi connectivity index (χ2n) is 5.54. The molecule has 1 aliphatic rings.